The second kappa shape index (κ2) is 11.4. The molecule has 0 aliphatic rings. The van der Waals surface area contributed by atoms with Crippen LogP contribution >= 0.6 is 0 Å². The number of hydrogen-bond donors (Lipinski definition) is 2. The highest BCUT2D eigenvalue weighted by atomic mass is 32.2. The molecule has 1 unspecified atom stereocenters. The van der Waals surface area contributed by atoms with Crippen LogP contribution in [-0.4, -0.2) is 40.1 Å². The molecule has 0 heterocycles. The topological polar surface area (TPSA) is 120 Å². The molecule has 10 heteroatoms. The normalized spacial score (nSPS) is 11.7. The summed E-state index contributed by atoms with van der Waals surface area (Å²) in [5, 5.41) is 2.65. The molecule has 35 heavy (non-hydrogen) atoms. The average molecular weight is 499 g/mol. The molecule has 0 aliphatic heterocycles. The van der Waals surface area contributed by atoms with Gasteiger partial charge in [-0.15, -0.1) is 0 Å². The minimum absolute atomic E-state index is 0.0108. The molecular weight excluding hydrogens is 472 g/mol. The minimum Gasteiger partial charge on any atom is -0.497 e. The van der Waals surface area contributed by atoms with Crippen molar-refractivity contribution in [3.05, 3.63) is 78.4 Å². The fourth-order valence-corrected chi connectivity index (χ4v) is 4.09. The second-order valence-corrected chi connectivity index (χ2v) is 9.04. The largest absolute Gasteiger partial charge is 0.497 e. The maximum atomic E-state index is 12.8. The van der Waals surface area contributed by atoms with Crippen molar-refractivity contribution >= 4 is 33.3 Å². The molecule has 0 aromatic heterocycles. The Morgan fingerprint density at radius 1 is 0.914 bits per heavy atom. The van der Waals surface area contributed by atoms with Gasteiger partial charge in [-0.05, 0) is 80.6 Å². The van der Waals surface area contributed by atoms with Gasteiger partial charge in [0.05, 0.1) is 24.2 Å². The van der Waals surface area contributed by atoms with E-state index in [9.17, 15) is 18.0 Å². The monoisotopic (exact) mass is 498 g/mol. The fraction of sp³-hybridized carbons (Fsp3) is 0.200. The van der Waals surface area contributed by atoms with Crippen LogP contribution < -0.4 is 19.5 Å². The summed E-state index contributed by atoms with van der Waals surface area (Å²) >= 11 is 0. The number of esters is 1. The van der Waals surface area contributed by atoms with Gasteiger partial charge in [0.2, 0.25) is 0 Å². The van der Waals surface area contributed by atoms with E-state index in [1.165, 1.54) is 38.3 Å². The molecule has 0 saturated heterocycles. The fourth-order valence-electron chi connectivity index (χ4n) is 2.99. The Morgan fingerprint density at radius 3 is 2.17 bits per heavy atom. The molecule has 3 aromatic rings. The van der Waals surface area contributed by atoms with Gasteiger partial charge in [-0.2, -0.15) is 0 Å². The number of anilines is 2. The Balaban J connectivity index is 1.64. The van der Waals surface area contributed by atoms with Crippen molar-refractivity contribution in [2.75, 3.05) is 23.8 Å². The van der Waals surface area contributed by atoms with Crippen LogP contribution in [0.5, 0.6) is 11.5 Å². The van der Waals surface area contributed by atoms with Gasteiger partial charge in [0.1, 0.15) is 11.5 Å². The first-order valence-electron chi connectivity index (χ1n) is 10.7. The summed E-state index contributed by atoms with van der Waals surface area (Å²) in [6.07, 6.45) is -1.12. The van der Waals surface area contributed by atoms with E-state index in [0.717, 1.165) is 0 Å². The van der Waals surface area contributed by atoms with E-state index in [4.69, 9.17) is 14.2 Å². The highest BCUT2D eigenvalue weighted by molar-refractivity contribution is 7.92. The summed E-state index contributed by atoms with van der Waals surface area (Å²) in [7, 11) is -2.46. The van der Waals surface area contributed by atoms with Gasteiger partial charge in [-0.25, -0.2) is 13.2 Å². The van der Waals surface area contributed by atoms with Crippen molar-refractivity contribution in [1.82, 2.24) is 0 Å². The number of amides is 1. The van der Waals surface area contributed by atoms with Crippen LogP contribution in [0.2, 0.25) is 0 Å². The maximum absolute atomic E-state index is 12.8. The van der Waals surface area contributed by atoms with Gasteiger partial charge >= 0.3 is 5.97 Å². The molecule has 3 aromatic carbocycles. The smallest absolute Gasteiger partial charge is 0.338 e. The number of ether oxygens (including phenoxy) is 3. The number of sulfonamides is 1. The van der Waals surface area contributed by atoms with E-state index in [-0.39, 0.29) is 10.5 Å². The van der Waals surface area contributed by atoms with E-state index >= 15 is 0 Å². The summed E-state index contributed by atoms with van der Waals surface area (Å²) < 4.78 is 43.6. The predicted molar refractivity (Wildman–Crippen MR) is 131 cm³/mol. The van der Waals surface area contributed by atoms with Gasteiger partial charge in [0, 0.05) is 11.4 Å². The summed E-state index contributed by atoms with van der Waals surface area (Å²) in [5.41, 5.74) is 0.834. The number of nitrogens with one attached hydrogen (secondary N) is 2. The molecule has 0 saturated carbocycles. The molecule has 1 atom stereocenters. The van der Waals surface area contributed by atoms with Crippen LogP contribution in [0.15, 0.2) is 77.7 Å². The Kier molecular flexibility index (Phi) is 8.32. The lowest BCUT2D eigenvalue weighted by Gasteiger charge is -2.14. The molecule has 0 fully saturated rings. The third kappa shape index (κ3) is 6.97. The van der Waals surface area contributed by atoms with Crippen molar-refractivity contribution < 1.29 is 32.2 Å². The zero-order chi connectivity index (χ0) is 25.4. The molecule has 184 valence electrons. The van der Waals surface area contributed by atoms with Crippen LogP contribution in [0.25, 0.3) is 0 Å². The third-order valence-electron chi connectivity index (χ3n) is 4.81. The molecule has 0 bridgehead atoms. The van der Waals surface area contributed by atoms with Crippen molar-refractivity contribution in [3.8, 4) is 11.5 Å². The molecule has 9 nitrogen and oxygen atoms in total. The SMILES string of the molecule is CCOc1ccc(NC(=O)C(C)OC(=O)c2cccc(S(=O)(=O)Nc3ccc(OC)cc3)c2)cc1. The average Bonchev–Trinajstić information content (AvgIpc) is 2.85. The van der Waals surface area contributed by atoms with E-state index in [0.29, 0.717) is 29.5 Å². The minimum atomic E-state index is -3.97. The van der Waals surface area contributed by atoms with Gasteiger partial charge in [-0.3, -0.25) is 9.52 Å². The Hall–Kier alpha value is -4.05. The van der Waals surface area contributed by atoms with Crippen molar-refractivity contribution in [1.29, 1.82) is 0 Å². The highest BCUT2D eigenvalue weighted by Crippen LogP contribution is 2.21. The first kappa shape index (κ1) is 25.6. The zero-order valence-corrected chi connectivity index (χ0v) is 20.3. The van der Waals surface area contributed by atoms with E-state index < -0.39 is 28.0 Å². The number of carbonyl (C=O) groups is 2. The molecule has 0 spiro atoms. The van der Waals surface area contributed by atoms with Crippen LogP contribution in [0, 0.1) is 0 Å². The molecule has 2 N–H and O–H groups in total. The zero-order valence-electron chi connectivity index (χ0n) is 19.5. The van der Waals surface area contributed by atoms with Crippen LogP contribution in [0.3, 0.4) is 0 Å². The Bertz CT molecular complexity index is 1270. The Labute approximate surface area is 204 Å². The molecule has 0 radical (unpaired) electrons. The van der Waals surface area contributed by atoms with Gasteiger partial charge < -0.3 is 19.5 Å². The van der Waals surface area contributed by atoms with Crippen molar-refractivity contribution in [2.24, 2.45) is 0 Å². The van der Waals surface area contributed by atoms with E-state index in [2.05, 4.69) is 10.0 Å². The second-order valence-electron chi connectivity index (χ2n) is 7.36. The van der Waals surface area contributed by atoms with E-state index in [1.807, 2.05) is 6.92 Å². The lowest BCUT2D eigenvalue weighted by atomic mass is 10.2. The summed E-state index contributed by atoms with van der Waals surface area (Å²) in [4.78, 5) is 24.9. The molecule has 3 rings (SSSR count). The Morgan fingerprint density at radius 2 is 1.54 bits per heavy atom. The van der Waals surface area contributed by atoms with Gasteiger partial charge in [0.25, 0.3) is 15.9 Å². The molecular formula is C25H26N2O7S. The van der Waals surface area contributed by atoms with Crippen LogP contribution in [0.1, 0.15) is 24.2 Å². The quantitative estimate of drug-likeness (QED) is 0.404. The maximum Gasteiger partial charge on any atom is 0.338 e. The first-order valence-corrected chi connectivity index (χ1v) is 12.2. The van der Waals surface area contributed by atoms with Crippen molar-refractivity contribution in [2.45, 2.75) is 24.8 Å². The van der Waals surface area contributed by atoms with Crippen molar-refractivity contribution in [3.63, 3.8) is 0 Å². The van der Waals surface area contributed by atoms with Gasteiger partial charge in [-0.1, -0.05) is 6.07 Å². The molecule has 0 aliphatic carbocycles. The lowest BCUT2D eigenvalue weighted by Crippen LogP contribution is -2.30. The number of hydrogen-bond acceptors (Lipinski definition) is 7. The van der Waals surface area contributed by atoms with Gasteiger partial charge in [0.15, 0.2) is 6.10 Å². The van der Waals surface area contributed by atoms with Crippen LogP contribution in [0.4, 0.5) is 11.4 Å². The van der Waals surface area contributed by atoms with E-state index in [1.54, 1.807) is 48.5 Å². The number of rotatable bonds is 10. The lowest BCUT2D eigenvalue weighted by molar-refractivity contribution is -0.123. The standard InChI is InChI=1S/C25H26N2O7S/c1-4-33-22-14-8-19(9-15-22)26-24(28)17(2)34-25(29)18-6-5-7-23(16-18)35(30,31)27-20-10-12-21(32-3)13-11-20/h5-17,27H,4H2,1-3H3,(H,26,28). The number of methoxy groups -OCH3 is 1. The predicted octanol–water partition coefficient (Wildman–Crippen LogP) is 4.08. The first-order chi connectivity index (χ1) is 16.7. The highest BCUT2D eigenvalue weighted by Gasteiger charge is 2.21. The molecule has 1 amide bonds. The van der Waals surface area contributed by atoms with Crippen LogP contribution in [-0.2, 0) is 19.6 Å². The number of carbonyl (C=O) groups excluding carboxylic acids is 2. The summed E-state index contributed by atoms with van der Waals surface area (Å²) in [6.45, 7) is 3.82. The summed E-state index contributed by atoms with van der Waals surface area (Å²) in [6, 6.07) is 18.5. The third-order valence-corrected chi connectivity index (χ3v) is 6.19. The number of benzene rings is 3. The summed E-state index contributed by atoms with van der Waals surface area (Å²) in [5.74, 6) is -0.118.